The van der Waals surface area contributed by atoms with Crippen LogP contribution in [0.15, 0.2) is 36.2 Å². The Bertz CT molecular complexity index is 1270. The number of nitrogens with zero attached hydrogens (tertiary/aromatic N) is 5. The van der Waals surface area contributed by atoms with Gasteiger partial charge in [-0.05, 0) is 48.6 Å². The number of ether oxygens (including phenoxy) is 1. The van der Waals surface area contributed by atoms with Crippen molar-refractivity contribution in [3.05, 3.63) is 58.1 Å². The third kappa shape index (κ3) is 4.85. The van der Waals surface area contributed by atoms with Gasteiger partial charge in [0.2, 0.25) is 0 Å². The second-order valence-electron chi connectivity index (χ2n) is 8.18. The molecule has 5 heterocycles. The number of hydrogen-bond donors (Lipinski definition) is 1. The number of H-pyrrole nitrogens is 1. The van der Waals surface area contributed by atoms with Crippen LogP contribution in [0.1, 0.15) is 28.4 Å². The Balaban J connectivity index is 1.53. The number of anilines is 1. The summed E-state index contributed by atoms with van der Waals surface area (Å²) in [6.07, 6.45) is 18.9. The minimum absolute atomic E-state index is 0.579. The van der Waals surface area contributed by atoms with Gasteiger partial charge in [0, 0.05) is 43.5 Å². The van der Waals surface area contributed by atoms with Gasteiger partial charge in [0.1, 0.15) is 5.82 Å². The van der Waals surface area contributed by atoms with E-state index in [2.05, 4.69) is 57.4 Å². The van der Waals surface area contributed by atoms with Crippen LogP contribution in [0.2, 0.25) is 0 Å². The van der Waals surface area contributed by atoms with Crippen molar-refractivity contribution >= 4 is 39.5 Å². The molecule has 0 aliphatic carbocycles. The molecule has 7 nitrogen and oxygen atoms in total. The Hall–Kier alpha value is -3.41. The predicted octanol–water partition coefficient (Wildman–Crippen LogP) is 3.72. The number of thiophene rings is 1. The second kappa shape index (κ2) is 9.61. The first-order valence-electron chi connectivity index (χ1n) is 11.1. The van der Waals surface area contributed by atoms with Crippen molar-refractivity contribution in [2.45, 2.75) is 12.8 Å². The van der Waals surface area contributed by atoms with E-state index >= 15 is 0 Å². The lowest BCUT2D eigenvalue weighted by atomic mass is 10.1. The third-order valence-corrected chi connectivity index (χ3v) is 6.87. The molecule has 2 aliphatic rings. The number of rotatable bonds is 5. The summed E-state index contributed by atoms with van der Waals surface area (Å²) in [6, 6.07) is 2.18. The van der Waals surface area contributed by atoms with Gasteiger partial charge in [-0.2, -0.15) is 5.10 Å². The molecule has 8 heteroatoms. The fourth-order valence-electron chi connectivity index (χ4n) is 4.02. The van der Waals surface area contributed by atoms with Gasteiger partial charge in [0.15, 0.2) is 5.82 Å². The maximum atomic E-state index is 5.58. The molecule has 1 fully saturated rings. The number of aromatic nitrogens is 4. The first-order valence-corrected chi connectivity index (χ1v) is 11.9. The van der Waals surface area contributed by atoms with Crippen molar-refractivity contribution in [3.63, 3.8) is 0 Å². The Labute approximate surface area is 197 Å². The molecular formula is C25H26N6OS. The smallest absolute Gasteiger partial charge is 0.150 e. The molecule has 1 saturated heterocycles. The fraction of sp³-hybridized carbons (Fsp3) is 0.320. The molecule has 3 aromatic rings. The van der Waals surface area contributed by atoms with Crippen molar-refractivity contribution in [2.24, 2.45) is 0 Å². The number of terminal acetylenes is 1. The molecule has 33 heavy (non-hydrogen) atoms. The van der Waals surface area contributed by atoms with Crippen molar-refractivity contribution < 1.29 is 4.74 Å². The molecule has 2 aliphatic heterocycles. The monoisotopic (exact) mass is 458 g/mol. The average Bonchev–Trinajstić information content (AvgIpc) is 3.45. The van der Waals surface area contributed by atoms with Crippen molar-refractivity contribution in [3.8, 4) is 12.3 Å². The van der Waals surface area contributed by atoms with E-state index in [0.717, 1.165) is 59.2 Å². The summed E-state index contributed by atoms with van der Waals surface area (Å²) in [5.74, 6) is 4.29. The normalized spacial score (nSPS) is 18.0. The van der Waals surface area contributed by atoms with E-state index in [0.29, 0.717) is 19.6 Å². The summed E-state index contributed by atoms with van der Waals surface area (Å²) in [5, 5.41) is 7.18. The van der Waals surface area contributed by atoms with Crippen LogP contribution in [0.4, 0.5) is 5.82 Å². The number of fused-ring (bicyclic) bond motifs is 1. The predicted molar refractivity (Wildman–Crippen MR) is 134 cm³/mol. The van der Waals surface area contributed by atoms with Crippen molar-refractivity contribution in [1.82, 2.24) is 25.1 Å². The van der Waals surface area contributed by atoms with Gasteiger partial charge in [-0.15, -0.1) is 17.8 Å². The zero-order valence-corrected chi connectivity index (χ0v) is 19.4. The minimum atomic E-state index is 0.579. The molecule has 0 bridgehead atoms. The van der Waals surface area contributed by atoms with Crippen molar-refractivity contribution in [2.75, 3.05) is 44.8 Å². The maximum Gasteiger partial charge on any atom is 0.150 e. The summed E-state index contributed by atoms with van der Waals surface area (Å²) in [6.45, 7) is 4.12. The molecule has 0 atom stereocenters. The highest BCUT2D eigenvalue weighted by Crippen LogP contribution is 2.34. The molecule has 0 saturated carbocycles. The third-order valence-electron chi connectivity index (χ3n) is 5.80. The molecule has 0 spiro atoms. The first-order chi connectivity index (χ1) is 16.2. The topological polar surface area (TPSA) is 70.2 Å². The average molecular weight is 459 g/mol. The van der Waals surface area contributed by atoms with E-state index < -0.39 is 0 Å². The Morgan fingerprint density at radius 3 is 2.94 bits per heavy atom. The fourth-order valence-corrected chi connectivity index (χ4v) is 5.11. The minimum Gasteiger partial charge on any atom is -0.380 e. The lowest BCUT2D eigenvalue weighted by Gasteiger charge is -2.28. The van der Waals surface area contributed by atoms with Crippen LogP contribution < -0.4 is 4.90 Å². The lowest BCUT2D eigenvalue weighted by molar-refractivity contribution is 0.122. The maximum absolute atomic E-state index is 5.58. The SMILES string of the molecule is C#C/C=C\c1[nH]ncc1Cc1nc(N2CCOCC2)c2sc(/C=C3\C=CN(C)CC3)cc2n1. The Morgan fingerprint density at radius 2 is 2.15 bits per heavy atom. The number of nitrogens with one attached hydrogen (secondary N) is 1. The van der Waals surface area contributed by atoms with E-state index in [-0.39, 0.29) is 0 Å². The highest BCUT2D eigenvalue weighted by molar-refractivity contribution is 7.20. The van der Waals surface area contributed by atoms with Crippen LogP contribution >= 0.6 is 11.3 Å². The quantitative estimate of drug-likeness (QED) is 0.588. The highest BCUT2D eigenvalue weighted by Gasteiger charge is 2.20. The zero-order chi connectivity index (χ0) is 22.6. The second-order valence-corrected chi connectivity index (χ2v) is 9.26. The van der Waals surface area contributed by atoms with E-state index in [9.17, 15) is 0 Å². The molecule has 0 aromatic carbocycles. The number of hydrogen-bond acceptors (Lipinski definition) is 7. The first kappa shape index (κ1) is 21.4. The van der Waals surface area contributed by atoms with Gasteiger partial charge in [-0.1, -0.05) is 5.92 Å². The number of morpholine rings is 1. The molecule has 0 radical (unpaired) electrons. The summed E-state index contributed by atoms with van der Waals surface area (Å²) in [4.78, 5) is 15.7. The molecule has 5 rings (SSSR count). The number of aromatic amines is 1. The van der Waals surface area contributed by atoms with Crippen LogP contribution in [-0.2, 0) is 11.2 Å². The van der Waals surface area contributed by atoms with E-state index in [1.807, 2.05) is 12.3 Å². The highest BCUT2D eigenvalue weighted by atomic mass is 32.1. The lowest BCUT2D eigenvalue weighted by Crippen LogP contribution is -2.37. The Kier molecular flexibility index (Phi) is 6.24. The van der Waals surface area contributed by atoms with Gasteiger partial charge in [-0.3, -0.25) is 5.10 Å². The standard InChI is InChI=1S/C25H26N6OS/c1-3-4-5-21-19(17-26-29-21)15-23-27-22-16-20(14-18-6-8-30(2)9-7-18)33-24(22)25(28-23)31-10-12-32-13-11-31/h1,4-6,8,14,16-17H,7,9-13,15H2,2H3,(H,26,29)/b5-4-,18-14+. The molecule has 1 N–H and O–H groups in total. The summed E-state index contributed by atoms with van der Waals surface area (Å²) >= 11 is 1.76. The summed E-state index contributed by atoms with van der Waals surface area (Å²) < 4.78 is 6.71. The van der Waals surface area contributed by atoms with Crippen LogP contribution in [-0.4, -0.2) is 65.0 Å². The van der Waals surface area contributed by atoms with Gasteiger partial charge in [0.05, 0.1) is 35.3 Å². The molecule has 0 amide bonds. The van der Waals surface area contributed by atoms with E-state index in [1.54, 1.807) is 17.4 Å². The van der Waals surface area contributed by atoms with Gasteiger partial charge < -0.3 is 14.5 Å². The Morgan fingerprint density at radius 1 is 1.27 bits per heavy atom. The summed E-state index contributed by atoms with van der Waals surface area (Å²) in [5.41, 5.74) is 4.22. The van der Waals surface area contributed by atoms with Gasteiger partial charge in [0.25, 0.3) is 0 Å². The van der Waals surface area contributed by atoms with Crippen molar-refractivity contribution in [1.29, 1.82) is 0 Å². The van der Waals surface area contributed by atoms with Crippen LogP contribution in [0.5, 0.6) is 0 Å². The zero-order valence-electron chi connectivity index (χ0n) is 18.6. The van der Waals surface area contributed by atoms with Crippen LogP contribution in [0.25, 0.3) is 22.4 Å². The van der Waals surface area contributed by atoms with E-state index in [4.69, 9.17) is 21.1 Å². The molecule has 0 unspecified atom stereocenters. The molecular weight excluding hydrogens is 432 g/mol. The van der Waals surface area contributed by atoms with Crippen LogP contribution in [0, 0.1) is 12.3 Å². The van der Waals surface area contributed by atoms with E-state index in [1.165, 1.54) is 10.5 Å². The largest absolute Gasteiger partial charge is 0.380 e. The number of allylic oxidation sites excluding steroid dienone is 2. The molecule has 3 aromatic heterocycles. The summed E-state index contributed by atoms with van der Waals surface area (Å²) in [7, 11) is 2.10. The van der Waals surface area contributed by atoms with Gasteiger partial charge in [-0.25, -0.2) is 9.97 Å². The van der Waals surface area contributed by atoms with Crippen LogP contribution in [0.3, 0.4) is 0 Å². The van der Waals surface area contributed by atoms with Gasteiger partial charge >= 0.3 is 0 Å². The molecule has 168 valence electrons.